The minimum atomic E-state index is -0.552. The molecule has 1 atom stereocenters. The van der Waals surface area contributed by atoms with Gasteiger partial charge >= 0.3 is 0 Å². The second-order valence-electron chi connectivity index (χ2n) is 5.13. The summed E-state index contributed by atoms with van der Waals surface area (Å²) in [6.07, 6.45) is 0.920. The Kier molecular flexibility index (Phi) is 3.85. The van der Waals surface area contributed by atoms with E-state index >= 15 is 0 Å². The summed E-state index contributed by atoms with van der Waals surface area (Å²) in [6, 6.07) is 3.00. The molecule has 1 aromatic rings. The van der Waals surface area contributed by atoms with Gasteiger partial charge in [0.15, 0.2) is 0 Å². The van der Waals surface area contributed by atoms with Crippen LogP contribution < -0.4 is 4.74 Å². The van der Waals surface area contributed by atoms with Gasteiger partial charge in [-0.25, -0.2) is 8.78 Å². The average molecular weight is 255 g/mol. The molecule has 1 aliphatic rings. The molecule has 0 radical (unpaired) electrons. The van der Waals surface area contributed by atoms with E-state index in [4.69, 9.17) is 4.74 Å². The summed E-state index contributed by atoms with van der Waals surface area (Å²) in [7, 11) is 0. The number of halogens is 2. The first-order chi connectivity index (χ1) is 8.47. The standard InChI is InChI=1S/C14H19F2NO/c1-9(2)17-5-4-11(8-17)18-12-6-13(15)10(3)14(16)7-12/h6-7,9,11H,4-5,8H2,1-3H3. The predicted molar refractivity (Wildman–Crippen MR) is 66.8 cm³/mol. The van der Waals surface area contributed by atoms with E-state index < -0.39 is 11.6 Å². The molecule has 1 aliphatic heterocycles. The van der Waals surface area contributed by atoms with Crippen LogP contribution in [-0.2, 0) is 0 Å². The Hall–Kier alpha value is -1.16. The number of likely N-dealkylation sites (tertiary alicyclic amines) is 1. The quantitative estimate of drug-likeness (QED) is 0.822. The van der Waals surface area contributed by atoms with Crippen molar-refractivity contribution in [1.82, 2.24) is 4.90 Å². The van der Waals surface area contributed by atoms with Crippen molar-refractivity contribution in [2.75, 3.05) is 13.1 Å². The number of nitrogens with zero attached hydrogens (tertiary/aromatic N) is 1. The van der Waals surface area contributed by atoms with Gasteiger partial charge in [0, 0.05) is 36.8 Å². The Morgan fingerprint density at radius 1 is 1.28 bits per heavy atom. The molecule has 0 spiro atoms. The fourth-order valence-corrected chi connectivity index (χ4v) is 2.20. The zero-order valence-electron chi connectivity index (χ0n) is 11.0. The maximum Gasteiger partial charge on any atom is 0.132 e. The second-order valence-corrected chi connectivity index (χ2v) is 5.13. The lowest BCUT2D eigenvalue weighted by Crippen LogP contribution is -2.30. The first-order valence-electron chi connectivity index (χ1n) is 6.33. The van der Waals surface area contributed by atoms with Gasteiger partial charge in [0.05, 0.1) is 0 Å². The fraction of sp³-hybridized carbons (Fsp3) is 0.571. The molecule has 0 aromatic heterocycles. The van der Waals surface area contributed by atoms with Crippen molar-refractivity contribution in [2.24, 2.45) is 0 Å². The summed E-state index contributed by atoms with van der Waals surface area (Å²) in [5.41, 5.74) is 0.0394. The zero-order valence-corrected chi connectivity index (χ0v) is 11.0. The second kappa shape index (κ2) is 5.22. The Bertz CT molecular complexity index is 411. The van der Waals surface area contributed by atoms with E-state index in [1.54, 1.807) is 0 Å². The molecule has 1 heterocycles. The monoisotopic (exact) mass is 255 g/mol. The largest absolute Gasteiger partial charge is 0.489 e. The molecule has 1 saturated heterocycles. The maximum absolute atomic E-state index is 13.4. The molecule has 0 aliphatic carbocycles. The lowest BCUT2D eigenvalue weighted by molar-refractivity contribution is 0.186. The maximum atomic E-state index is 13.4. The van der Waals surface area contributed by atoms with Crippen LogP contribution in [0.2, 0.25) is 0 Å². The lowest BCUT2D eigenvalue weighted by Gasteiger charge is -2.20. The van der Waals surface area contributed by atoms with E-state index in [2.05, 4.69) is 18.7 Å². The smallest absolute Gasteiger partial charge is 0.132 e. The Morgan fingerprint density at radius 2 is 1.89 bits per heavy atom. The predicted octanol–water partition coefficient (Wildman–Crippen LogP) is 3.13. The van der Waals surface area contributed by atoms with Crippen LogP contribution in [0.5, 0.6) is 5.75 Å². The van der Waals surface area contributed by atoms with Gasteiger partial charge in [-0.3, -0.25) is 4.90 Å². The highest BCUT2D eigenvalue weighted by molar-refractivity contribution is 5.29. The zero-order chi connectivity index (χ0) is 13.3. The van der Waals surface area contributed by atoms with E-state index in [-0.39, 0.29) is 17.4 Å². The van der Waals surface area contributed by atoms with Gasteiger partial charge in [-0.2, -0.15) is 0 Å². The van der Waals surface area contributed by atoms with Crippen LogP contribution in [0.3, 0.4) is 0 Å². The normalized spacial score (nSPS) is 20.7. The van der Waals surface area contributed by atoms with Gasteiger partial charge in [-0.1, -0.05) is 0 Å². The molecule has 0 bridgehead atoms. The highest BCUT2D eigenvalue weighted by Gasteiger charge is 2.25. The minimum absolute atomic E-state index is 0.0221. The average Bonchev–Trinajstić information content (AvgIpc) is 2.74. The van der Waals surface area contributed by atoms with E-state index in [9.17, 15) is 8.78 Å². The molecular formula is C14H19F2NO. The van der Waals surface area contributed by atoms with Crippen molar-refractivity contribution in [2.45, 2.75) is 39.3 Å². The number of benzene rings is 1. The van der Waals surface area contributed by atoms with Crippen molar-refractivity contribution in [3.8, 4) is 5.75 Å². The van der Waals surface area contributed by atoms with Gasteiger partial charge in [0.1, 0.15) is 23.5 Å². The Balaban J connectivity index is 2.03. The fourth-order valence-electron chi connectivity index (χ4n) is 2.20. The van der Waals surface area contributed by atoms with Crippen molar-refractivity contribution in [3.63, 3.8) is 0 Å². The molecule has 1 unspecified atom stereocenters. The number of rotatable bonds is 3. The van der Waals surface area contributed by atoms with Crippen LogP contribution >= 0.6 is 0 Å². The minimum Gasteiger partial charge on any atom is -0.489 e. The molecule has 1 aromatic carbocycles. The third-order valence-corrected chi connectivity index (χ3v) is 3.46. The first kappa shape index (κ1) is 13.3. The summed E-state index contributed by atoms with van der Waals surface area (Å²) in [5, 5.41) is 0. The molecule has 100 valence electrons. The molecular weight excluding hydrogens is 236 g/mol. The molecule has 0 N–H and O–H groups in total. The molecule has 2 nitrogen and oxygen atoms in total. The van der Waals surface area contributed by atoms with Crippen molar-refractivity contribution >= 4 is 0 Å². The summed E-state index contributed by atoms with van der Waals surface area (Å²) in [6.45, 7) is 7.47. The van der Waals surface area contributed by atoms with Crippen LogP contribution in [0.15, 0.2) is 12.1 Å². The summed E-state index contributed by atoms with van der Waals surface area (Å²) >= 11 is 0. The van der Waals surface area contributed by atoms with Gasteiger partial charge in [0.25, 0.3) is 0 Å². The van der Waals surface area contributed by atoms with Gasteiger partial charge in [-0.05, 0) is 27.2 Å². The Labute approximate surface area is 107 Å². The van der Waals surface area contributed by atoms with Crippen LogP contribution in [-0.4, -0.2) is 30.1 Å². The molecule has 2 rings (SSSR count). The summed E-state index contributed by atoms with van der Waals surface area (Å²) in [4.78, 5) is 2.30. The molecule has 18 heavy (non-hydrogen) atoms. The number of hydrogen-bond acceptors (Lipinski definition) is 2. The van der Waals surface area contributed by atoms with Crippen LogP contribution in [0.1, 0.15) is 25.8 Å². The van der Waals surface area contributed by atoms with Gasteiger partial charge in [-0.15, -0.1) is 0 Å². The van der Waals surface area contributed by atoms with Crippen LogP contribution in [0, 0.1) is 18.6 Å². The SMILES string of the molecule is Cc1c(F)cc(OC2CCN(C(C)C)C2)cc1F. The highest BCUT2D eigenvalue weighted by atomic mass is 19.1. The molecule has 0 saturated carbocycles. The van der Waals surface area contributed by atoms with Gasteiger partial charge < -0.3 is 4.74 Å². The molecule has 1 fully saturated rings. The first-order valence-corrected chi connectivity index (χ1v) is 6.33. The van der Waals surface area contributed by atoms with Crippen molar-refractivity contribution < 1.29 is 13.5 Å². The molecule has 0 amide bonds. The third kappa shape index (κ3) is 2.80. The van der Waals surface area contributed by atoms with E-state index in [1.165, 1.54) is 19.1 Å². The van der Waals surface area contributed by atoms with E-state index in [0.717, 1.165) is 19.5 Å². The topological polar surface area (TPSA) is 12.5 Å². The van der Waals surface area contributed by atoms with Crippen molar-refractivity contribution in [1.29, 1.82) is 0 Å². The summed E-state index contributed by atoms with van der Waals surface area (Å²) in [5.74, 6) is -0.821. The third-order valence-electron chi connectivity index (χ3n) is 3.46. The summed E-state index contributed by atoms with van der Waals surface area (Å²) < 4.78 is 32.4. The number of hydrogen-bond donors (Lipinski definition) is 0. The van der Waals surface area contributed by atoms with Crippen LogP contribution in [0.25, 0.3) is 0 Å². The molecule has 4 heteroatoms. The van der Waals surface area contributed by atoms with E-state index in [1.807, 2.05) is 0 Å². The highest BCUT2D eigenvalue weighted by Crippen LogP contribution is 2.23. The van der Waals surface area contributed by atoms with Crippen LogP contribution in [0.4, 0.5) is 8.78 Å². The van der Waals surface area contributed by atoms with Gasteiger partial charge in [0.2, 0.25) is 0 Å². The van der Waals surface area contributed by atoms with E-state index in [0.29, 0.717) is 6.04 Å². The number of ether oxygens (including phenoxy) is 1. The lowest BCUT2D eigenvalue weighted by atomic mass is 10.2. The Morgan fingerprint density at radius 3 is 2.39 bits per heavy atom. The van der Waals surface area contributed by atoms with Crippen molar-refractivity contribution in [3.05, 3.63) is 29.3 Å².